The average molecular weight is 361 g/mol. The van der Waals surface area contributed by atoms with Gasteiger partial charge < -0.3 is 20.5 Å². The summed E-state index contributed by atoms with van der Waals surface area (Å²) in [7, 11) is 0. The average Bonchev–Trinajstić information content (AvgIpc) is 3.04. The first kappa shape index (κ1) is 20.1. The second kappa shape index (κ2) is 10.8. The summed E-state index contributed by atoms with van der Waals surface area (Å²) in [4.78, 5) is 12.0. The van der Waals surface area contributed by atoms with Crippen LogP contribution in [-0.2, 0) is 9.53 Å². The van der Waals surface area contributed by atoms with Gasteiger partial charge >= 0.3 is 0 Å². The van der Waals surface area contributed by atoms with Crippen LogP contribution >= 0.6 is 24.2 Å². The Labute approximate surface area is 148 Å². The molecule has 130 valence electrons. The number of amides is 1. The van der Waals surface area contributed by atoms with Gasteiger partial charge in [-0.2, -0.15) is 11.8 Å². The standard InChI is InChI=1S/C16H24N2O3S.ClH/c1-22-9-7-15(17)16(19)18-12-4-2-5-13(10-12)21-11-14-6-3-8-20-14;/h2,4-5,10,14-15H,3,6-9,11,17H2,1H3,(H,18,19);1H. The third-order valence-electron chi connectivity index (χ3n) is 3.53. The Balaban J connectivity index is 0.00000264. The number of hydrogen-bond acceptors (Lipinski definition) is 5. The molecule has 0 bridgehead atoms. The molecule has 0 aromatic heterocycles. The zero-order valence-electron chi connectivity index (χ0n) is 13.3. The zero-order valence-corrected chi connectivity index (χ0v) is 15.0. The highest BCUT2D eigenvalue weighted by molar-refractivity contribution is 7.98. The lowest BCUT2D eigenvalue weighted by atomic mass is 10.2. The largest absolute Gasteiger partial charge is 0.491 e. The molecule has 23 heavy (non-hydrogen) atoms. The maximum Gasteiger partial charge on any atom is 0.241 e. The van der Waals surface area contributed by atoms with E-state index in [1.54, 1.807) is 11.8 Å². The van der Waals surface area contributed by atoms with Crippen LogP contribution < -0.4 is 15.8 Å². The molecule has 1 aliphatic heterocycles. The Morgan fingerprint density at radius 3 is 3.09 bits per heavy atom. The van der Waals surface area contributed by atoms with E-state index >= 15 is 0 Å². The fourth-order valence-electron chi connectivity index (χ4n) is 2.24. The molecule has 1 aromatic rings. The fourth-order valence-corrected chi connectivity index (χ4v) is 2.73. The van der Waals surface area contributed by atoms with Gasteiger partial charge in [-0.25, -0.2) is 0 Å². The van der Waals surface area contributed by atoms with E-state index in [9.17, 15) is 4.79 Å². The summed E-state index contributed by atoms with van der Waals surface area (Å²) in [6.07, 6.45) is 4.98. The van der Waals surface area contributed by atoms with Crippen LogP contribution in [0.3, 0.4) is 0 Å². The molecular formula is C16H25ClN2O3S. The van der Waals surface area contributed by atoms with Crippen LogP contribution in [0.4, 0.5) is 5.69 Å². The number of halogens is 1. The second-order valence-corrected chi connectivity index (χ2v) is 6.34. The number of ether oxygens (including phenoxy) is 2. The topological polar surface area (TPSA) is 73.6 Å². The minimum Gasteiger partial charge on any atom is -0.491 e. The molecule has 1 aliphatic rings. The van der Waals surface area contributed by atoms with Crippen LogP contribution in [-0.4, -0.2) is 43.3 Å². The van der Waals surface area contributed by atoms with E-state index in [2.05, 4.69) is 5.32 Å². The number of rotatable bonds is 8. The molecule has 0 radical (unpaired) electrons. The van der Waals surface area contributed by atoms with Crippen molar-refractivity contribution in [3.8, 4) is 5.75 Å². The van der Waals surface area contributed by atoms with Crippen LogP contribution in [0.1, 0.15) is 19.3 Å². The van der Waals surface area contributed by atoms with E-state index in [-0.39, 0.29) is 24.4 Å². The van der Waals surface area contributed by atoms with E-state index in [4.69, 9.17) is 15.2 Å². The summed E-state index contributed by atoms with van der Waals surface area (Å²) in [5.41, 5.74) is 6.56. The smallest absolute Gasteiger partial charge is 0.241 e. The molecule has 0 saturated carbocycles. The van der Waals surface area contributed by atoms with Gasteiger partial charge in [-0.15, -0.1) is 12.4 Å². The summed E-state index contributed by atoms with van der Waals surface area (Å²) in [6.45, 7) is 1.36. The minimum absolute atomic E-state index is 0. The lowest BCUT2D eigenvalue weighted by molar-refractivity contribution is -0.117. The van der Waals surface area contributed by atoms with E-state index in [1.165, 1.54) is 0 Å². The third-order valence-corrected chi connectivity index (χ3v) is 4.18. The molecule has 5 nitrogen and oxygen atoms in total. The molecule has 2 unspecified atom stereocenters. The predicted molar refractivity (Wildman–Crippen MR) is 97.8 cm³/mol. The first-order valence-corrected chi connectivity index (χ1v) is 8.98. The SMILES string of the molecule is CSCCC(N)C(=O)Nc1cccc(OCC2CCCO2)c1.Cl. The predicted octanol–water partition coefficient (Wildman–Crippen LogP) is 2.69. The Hall–Kier alpha value is -0.950. The van der Waals surface area contributed by atoms with Crippen molar-refractivity contribution in [2.45, 2.75) is 31.4 Å². The van der Waals surface area contributed by atoms with Crippen molar-refractivity contribution in [2.24, 2.45) is 5.73 Å². The van der Waals surface area contributed by atoms with Crippen molar-refractivity contribution < 1.29 is 14.3 Å². The van der Waals surface area contributed by atoms with Crippen LogP contribution in [0.15, 0.2) is 24.3 Å². The van der Waals surface area contributed by atoms with Gasteiger partial charge in [0.15, 0.2) is 0 Å². The Bertz CT molecular complexity index is 484. The molecule has 3 N–H and O–H groups in total. The third kappa shape index (κ3) is 6.99. The number of anilines is 1. The number of nitrogens with two attached hydrogens (primary N) is 1. The lowest BCUT2D eigenvalue weighted by Crippen LogP contribution is -2.36. The van der Waals surface area contributed by atoms with Gasteiger partial charge in [0, 0.05) is 18.4 Å². The molecule has 1 saturated heterocycles. The van der Waals surface area contributed by atoms with Gasteiger partial charge in [-0.05, 0) is 43.4 Å². The first-order chi connectivity index (χ1) is 10.7. The molecule has 2 rings (SSSR count). The monoisotopic (exact) mass is 360 g/mol. The molecule has 1 aromatic carbocycles. The molecule has 1 amide bonds. The summed E-state index contributed by atoms with van der Waals surface area (Å²) in [6, 6.07) is 6.89. The Morgan fingerprint density at radius 1 is 1.57 bits per heavy atom. The van der Waals surface area contributed by atoms with Gasteiger partial charge in [0.2, 0.25) is 5.91 Å². The maximum atomic E-state index is 12.0. The second-order valence-electron chi connectivity index (χ2n) is 5.35. The maximum absolute atomic E-state index is 12.0. The van der Waals surface area contributed by atoms with Crippen molar-refractivity contribution >= 4 is 35.8 Å². The molecule has 0 spiro atoms. The first-order valence-electron chi connectivity index (χ1n) is 7.59. The number of carbonyl (C=O) groups is 1. The molecule has 2 atom stereocenters. The highest BCUT2D eigenvalue weighted by atomic mass is 35.5. The van der Waals surface area contributed by atoms with E-state index < -0.39 is 6.04 Å². The number of nitrogens with one attached hydrogen (secondary N) is 1. The summed E-state index contributed by atoms with van der Waals surface area (Å²) in [5, 5.41) is 2.83. The number of thioether (sulfide) groups is 1. The van der Waals surface area contributed by atoms with Crippen molar-refractivity contribution in [2.75, 3.05) is 30.5 Å². The molecular weight excluding hydrogens is 336 g/mol. The molecule has 1 fully saturated rings. The van der Waals surface area contributed by atoms with Gasteiger partial charge in [0.25, 0.3) is 0 Å². The zero-order chi connectivity index (χ0) is 15.8. The van der Waals surface area contributed by atoms with Crippen molar-refractivity contribution in [1.29, 1.82) is 0 Å². The van der Waals surface area contributed by atoms with E-state index in [1.807, 2.05) is 30.5 Å². The summed E-state index contributed by atoms with van der Waals surface area (Å²) in [5.74, 6) is 1.44. The van der Waals surface area contributed by atoms with Gasteiger partial charge in [0.05, 0.1) is 12.1 Å². The summed E-state index contributed by atoms with van der Waals surface area (Å²) >= 11 is 1.68. The number of carbonyl (C=O) groups excluding carboxylic acids is 1. The van der Waals surface area contributed by atoms with Crippen LogP contribution in [0.5, 0.6) is 5.75 Å². The normalized spacial score (nSPS) is 18.1. The van der Waals surface area contributed by atoms with Gasteiger partial charge in [-0.3, -0.25) is 4.79 Å². The van der Waals surface area contributed by atoms with E-state index in [0.717, 1.165) is 31.0 Å². The molecule has 0 aliphatic carbocycles. The number of hydrogen-bond donors (Lipinski definition) is 2. The molecule has 7 heteroatoms. The Morgan fingerprint density at radius 2 is 2.39 bits per heavy atom. The van der Waals surface area contributed by atoms with Crippen LogP contribution in [0, 0.1) is 0 Å². The van der Waals surface area contributed by atoms with Crippen molar-refractivity contribution in [1.82, 2.24) is 0 Å². The van der Waals surface area contributed by atoms with E-state index in [0.29, 0.717) is 18.7 Å². The Kier molecular flexibility index (Phi) is 9.40. The number of benzene rings is 1. The van der Waals surface area contributed by atoms with Crippen LogP contribution in [0.25, 0.3) is 0 Å². The summed E-state index contributed by atoms with van der Waals surface area (Å²) < 4.78 is 11.3. The highest BCUT2D eigenvalue weighted by Gasteiger charge is 2.16. The quantitative estimate of drug-likeness (QED) is 0.745. The van der Waals surface area contributed by atoms with Crippen molar-refractivity contribution in [3.05, 3.63) is 24.3 Å². The lowest BCUT2D eigenvalue weighted by Gasteiger charge is -2.14. The minimum atomic E-state index is -0.482. The fraction of sp³-hybridized carbons (Fsp3) is 0.562. The van der Waals surface area contributed by atoms with Gasteiger partial charge in [-0.1, -0.05) is 6.07 Å². The van der Waals surface area contributed by atoms with Crippen molar-refractivity contribution in [3.63, 3.8) is 0 Å². The van der Waals surface area contributed by atoms with Gasteiger partial charge in [0.1, 0.15) is 12.4 Å². The van der Waals surface area contributed by atoms with Crippen LogP contribution in [0.2, 0.25) is 0 Å². The highest BCUT2D eigenvalue weighted by Crippen LogP contribution is 2.20. The molecule has 1 heterocycles.